The average Bonchev–Trinajstić information content (AvgIpc) is 2.90. The fourth-order valence-electron chi connectivity index (χ4n) is 2.11. The Morgan fingerprint density at radius 3 is 2.52 bits per heavy atom. The molecule has 0 unspecified atom stereocenters. The second-order valence-corrected chi connectivity index (χ2v) is 5.97. The van der Waals surface area contributed by atoms with E-state index in [1.165, 1.54) is 0 Å². The summed E-state index contributed by atoms with van der Waals surface area (Å²) in [7, 11) is 4.18. The van der Waals surface area contributed by atoms with E-state index in [0.29, 0.717) is 0 Å². The van der Waals surface area contributed by atoms with Crippen LogP contribution in [0.25, 0.3) is 11.3 Å². The van der Waals surface area contributed by atoms with Crippen LogP contribution in [0.1, 0.15) is 17.7 Å². The third-order valence-corrected chi connectivity index (χ3v) is 3.78. The van der Waals surface area contributed by atoms with Crippen LogP contribution in [0.2, 0.25) is 5.02 Å². The number of furan rings is 1. The van der Waals surface area contributed by atoms with Gasteiger partial charge in [-0.3, -0.25) is 0 Å². The van der Waals surface area contributed by atoms with Gasteiger partial charge in [-0.05, 0) is 64.3 Å². The number of nitrogens with one attached hydrogen (secondary N) is 1. The monoisotopic (exact) mass is 378 g/mol. The van der Waals surface area contributed by atoms with Crippen molar-refractivity contribution in [2.24, 2.45) is 0 Å². The molecule has 1 aromatic heterocycles. The van der Waals surface area contributed by atoms with Gasteiger partial charge in [-0.15, -0.1) is 24.8 Å². The number of benzene rings is 1. The molecule has 130 valence electrons. The number of nitrogens with zero attached hydrogens (tertiary/aromatic N) is 1. The lowest BCUT2D eigenvalue weighted by Crippen LogP contribution is -2.20. The first-order valence-electron chi connectivity index (χ1n) is 7.27. The molecular weight excluding hydrogens is 355 g/mol. The summed E-state index contributed by atoms with van der Waals surface area (Å²) in [6.07, 6.45) is 1.13. The van der Waals surface area contributed by atoms with Gasteiger partial charge < -0.3 is 14.6 Å². The van der Waals surface area contributed by atoms with Crippen LogP contribution in [-0.2, 0) is 6.54 Å². The van der Waals surface area contributed by atoms with E-state index >= 15 is 0 Å². The van der Waals surface area contributed by atoms with Gasteiger partial charge in [0.25, 0.3) is 0 Å². The number of aryl methyl sites for hydroxylation is 1. The van der Waals surface area contributed by atoms with E-state index in [4.69, 9.17) is 16.0 Å². The molecule has 3 nitrogen and oxygen atoms in total. The fourth-order valence-corrected chi connectivity index (χ4v) is 2.29. The van der Waals surface area contributed by atoms with Crippen LogP contribution in [0, 0.1) is 6.92 Å². The molecule has 1 aromatic carbocycles. The SMILES string of the molecule is Cc1ccc(-c2ccc(CNCCCN(C)C)o2)cc1Cl.Cl.Cl. The summed E-state index contributed by atoms with van der Waals surface area (Å²) >= 11 is 6.16. The van der Waals surface area contributed by atoms with Crippen molar-refractivity contribution in [3.8, 4) is 11.3 Å². The van der Waals surface area contributed by atoms with E-state index < -0.39 is 0 Å². The van der Waals surface area contributed by atoms with Gasteiger partial charge in [0.05, 0.1) is 6.54 Å². The summed E-state index contributed by atoms with van der Waals surface area (Å²) in [5, 5.41) is 4.17. The molecule has 0 aliphatic carbocycles. The van der Waals surface area contributed by atoms with Crippen LogP contribution in [0.15, 0.2) is 34.7 Å². The minimum Gasteiger partial charge on any atom is -0.460 e. The van der Waals surface area contributed by atoms with Gasteiger partial charge >= 0.3 is 0 Å². The zero-order valence-corrected chi connectivity index (χ0v) is 16.2. The molecule has 0 saturated heterocycles. The lowest BCUT2D eigenvalue weighted by Gasteiger charge is -2.09. The summed E-state index contributed by atoms with van der Waals surface area (Å²) in [6.45, 7) is 4.84. The summed E-state index contributed by atoms with van der Waals surface area (Å²) in [4.78, 5) is 2.19. The van der Waals surface area contributed by atoms with Gasteiger partial charge in [0.2, 0.25) is 0 Å². The minimum absolute atomic E-state index is 0. The van der Waals surface area contributed by atoms with Crippen LogP contribution >= 0.6 is 36.4 Å². The maximum absolute atomic E-state index is 6.16. The maximum atomic E-state index is 6.16. The molecule has 6 heteroatoms. The molecule has 0 spiro atoms. The summed E-state index contributed by atoms with van der Waals surface area (Å²) in [5.41, 5.74) is 2.10. The number of hydrogen-bond donors (Lipinski definition) is 1. The van der Waals surface area contributed by atoms with Gasteiger partial charge in [0.1, 0.15) is 11.5 Å². The van der Waals surface area contributed by atoms with Gasteiger partial charge in [-0.2, -0.15) is 0 Å². The molecule has 0 aliphatic heterocycles. The molecule has 1 heterocycles. The summed E-state index contributed by atoms with van der Waals surface area (Å²) in [5.74, 6) is 1.81. The minimum atomic E-state index is 0. The third kappa shape index (κ3) is 7.15. The van der Waals surface area contributed by atoms with E-state index in [-0.39, 0.29) is 24.8 Å². The first kappa shape index (κ1) is 22.3. The van der Waals surface area contributed by atoms with Crippen LogP contribution in [-0.4, -0.2) is 32.1 Å². The van der Waals surface area contributed by atoms with Crippen molar-refractivity contribution in [3.05, 3.63) is 46.7 Å². The Hall–Kier alpha value is -0.710. The Bertz CT molecular complexity index is 585. The van der Waals surface area contributed by atoms with Crippen LogP contribution < -0.4 is 5.32 Å². The molecule has 0 amide bonds. The topological polar surface area (TPSA) is 28.4 Å². The summed E-state index contributed by atoms with van der Waals surface area (Å²) in [6, 6.07) is 10.0. The zero-order chi connectivity index (χ0) is 15.2. The highest BCUT2D eigenvalue weighted by Crippen LogP contribution is 2.26. The van der Waals surface area contributed by atoms with E-state index in [9.17, 15) is 0 Å². The van der Waals surface area contributed by atoms with Crippen molar-refractivity contribution in [2.45, 2.75) is 19.9 Å². The molecular formula is C17H25Cl3N2O. The standard InChI is InChI=1S/C17H23ClN2O.2ClH/c1-13-5-6-14(11-16(13)18)17-8-7-15(21-17)12-19-9-4-10-20(2)3;;/h5-8,11,19H,4,9-10,12H2,1-3H3;2*1H. The lowest BCUT2D eigenvalue weighted by atomic mass is 10.1. The molecule has 0 fully saturated rings. The molecule has 0 saturated carbocycles. The Kier molecular flexibility index (Phi) is 10.6. The van der Waals surface area contributed by atoms with Crippen LogP contribution in [0.5, 0.6) is 0 Å². The van der Waals surface area contributed by atoms with Crippen molar-refractivity contribution in [2.75, 3.05) is 27.2 Å². The highest BCUT2D eigenvalue weighted by Gasteiger charge is 2.06. The van der Waals surface area contributed by atoms with Gasteiger partial charge in [-0.1, -0.05) is 23.7 Å². The maximum Gasteiger partial charge on any atom is 0.134 e. The van der Waals surface area contributed by atoms with Crippen molar-refractivity contribution >= 4 is 36.4 Å². The quantitative estimate of drug-likeness (QED) is 0.701. The van der Waals surface area contributed by atoms with E-state index in [2.05, 4.69) is 24.3 Å². The predicted molar refractivity (Wildman–Crippen MR) is 103 cm³/mol. The number of hydrogen-bond acceptors (Lipinski definition) is 3. The molecule has 0 atom stereocenters. The third-order valence-electron chi connectivity index (χ3n) is 3.38. The Labute approximate surface area is 156 Å². The Morgan fingerprint density at radius 2 is 1.87 bits per heavy atom. The molecule has 2 rings (SSSR count). The largest absolute Gasteiger partial charge is 0.460 e. The second-order valence-electron chi connectivity index (χ2n) is 5.56. The van der Waals surface area contributed by atoms with Crippen LogP contribution in [0.4, 0.5) is 0 Å². The first-order valence-corrected chi connectivity index (χ1v) is 7.65. The zero-order valence-electron chi connectivity index (χ0n) is 13.8. The molecule has 23 heavy (non-hydrogen) atoms. The van der Waals surface area contributed by atoms with E-state index in [1.54, 1.807) is 0 Å². The van der Waals surface area contributed by atoms with E-state index in [0.717, 1.165) is 53.7 Å². The fraction of sp³-hybridized carbons (Fsp3) is 0.412. The van der Waals surface area contributed by atoms with Gasteiger partial charge in [-0.25, -0.2) is 0 Å². The summed E-state index contributed by atoms with van der Waals surface area (Å²) < 4.78 is 5.86. The molecule has 0 radical (unpaired) electrons. The van der Waals surface area contributed by atoms with Crippen molar-refractivity contribution in [3.63, 3.8) is 0 Å². The Balaban J connectivity index is 0.00000242. The van der Waals surface area contributed by atoms with Crippen LogP contribution in [0.3, 0.4) is 0 Å². The highest BCUT2D eigenvalue weighted by molar-refractivity contribution is 6.31. The molecule has 2 aromatic rings. The van der Waals surface area contributed by atoms with Gasteiger partial charge in [0, 0.05) is 10.6 Å². The number of rotatable bonds is 7. The number of halogens is 3. The molecule has 1 N–H and O–H groups in total. The first-order chi connectivity index (χ1) is 10.1. The smallest absolute Gasteiger partial charge is 0.134 e. The van der Waals surface area contributed by atoms with Crippen molar-refractivity contribution in [1.82, 2.24) is 10.2 Å². The molecule has 0 aliphatic rings. The van der Waals surface area contributed by atoms with E-state index in [1.807, 2.05) is 37.3 Å². The van der Waals surface area contributed by atoms with Crippen molar-refractivity contribution < 1.29 is 4.42 Å². The predicted octanol–water partition coefficient (Wildman–Crippen LogP) is 4.79. The lowest BCUT2D eigenvalue weighted by molar-refractivity contribution is 0.391. The molecule has 0 bridgehead atoms. The second kappa shape index (κ2) is 11.0. The van der Waals surface area contributed by atoms with Crippen molar-refractivity contribution in [1.29, 1.82) is 0 Å². The van der Waals surface area contributed by atoms with Gasteiger partial charge in [0.15, 0.2) is 0 Å². The highest BCUT2D eigenvalue weighted by atomic mass is 35.5. The normalized spacial score (nSPS) is 10.3. The Morgan fingerprint density at radius 1 is 1.13 bits per heavy atom. The average molecular weight is 380 g/mol.